The third kappa shape index (κ3) is 3.39. The van der Waals surface area contributed by atoms with Crippen LogP contribution in [0.25, 0.3) is 0 Å². The molecule has 3 N–H and O–H groups in total. The lowest BCUT2D eigenvalue weighted by atomic mass is 10.3. The van der Waals surface area contributed by atoms with Gasteiger partial charge in [0.2, 0.25) is 0 Å². The highest BCUT2D eigenvalue weighted by Gasteiger charge is 2.14. The monoisotopic (exact) mass is 283 g/mol. The van der Waals surface area contributed by atoms with E-state index in [0.717, 1.165) is 5.76 Å². The van der Waals surface area contributed by atoms with Gasteiger partial charge in [-0.15, -0.1) is 0 Å². The summed E-state index contributed by atoms with van der Waals surface area (Å²) in [6.07, 6.45) is 2.91. The van der Waals surface area contributed by atoms with E-state index >= 15 is 0 Å². The lowest BCUT2D eigenvalue weighted by Crippen LogP contribution is -2.26. The predicted molar refractivity (Wildman–Crippen MR) is 75.9 cm³/mol. The van der Waals surface area contributed by atoms with Gasteiger partial charge in [0, 0.05) is 0 Å². The van der Waals surface area contributed by atoms with Crippen molar-refractivity contribution in [3.05, 3.63) is 30.5 Å². The Hall–Kier alpha value is -3.26. The van der Waals surface area contributed by atoms with Crippen LogP contribution in [0.1, 0.15) is 5.76 Å². The molecule has 0 saturated carbocycles. The molecule has 8 nitrogen and oxygen atoms in total. The summed E-state index contributed by atoms with van der Waals surface area (Å²) in [6, 6.07) is 7.56. The van der Waals surface area contributed by atoms with E-state index in [4.69, 9.17) is 20.7 Å². The topological polar surface area (TPSA) is 128 Å². The third-order valence-electron chi connectivity index (χ3n) is 2.70. The molecule has 0 atom stereocenters. The zero-order valence-electron chi connectivity index (χ0n) is 11.2. The van der Waals surface area contributed by atoms with Gasteiger partial charge in [0.05, 0.1) is 24.9 Å². The number of hydrogen-bond donors (Lipinski definition) is 2. The van der Waals surface area contributed by atoms with Gasteiger partial charge in [-0.05, 0) is 12.1 Å². The number of rotatable bonds is 6. The van der Waals surface area contributed by atoms with Crippen molar-refractivity contribution in [2.75, 3.05) is 29.0 Å². The summed E-state index contributed by atoms with van der Waals surface area (Å²) in [4.78, 5) is 9.59. The molecule has 0 unspecified atom stereocenters. The molecule has 0 amide bonds. The second-order valence-corrected chi connectivity index (χ2v) is 4.06. The van der Waals surface area contributed by atoms with Gasteiger partial charge in [0.1, 0.15) is 30.9 Å². The molecule has 0 aliphatic rings. The Morgan fingerprint density at radius 1 is 1.29 bits per heavy atom. The van der Waals surface area contributed by atoms with Gasteiger partial charge in [0.25, 0.3) is 0 Å². The van der Waals surface area contributed by atoms with Crippen LogP contribution in [0.2, 0.25) is 0 Å². The van der Waals surface area contributed by atoms with Crippen LogP contribution in [0.5, 0.6) is 0 Å². The van der Waals surface area contributed by atoms with E-state index in [9.17, 15) is 0 Å². The maximum absolute atomic E-state index is 8.80. The fourth-order valence-electron chi connectivity index (χ4n) is 1.74. The van der Waals surface area contributed by atoms with E-state index in [1.54, 1.807) is 12.3 Å². The minimum Gasteiger partial charge on any atom is -0.467 e. The first-order chi connectivity index (χ1) is 10.3. The van der Waals surface area contributed by atoms with Crippen molar-refractivity contribution in [1.29, 1.82) is 10.5 Å². The minimum atomic E-state index is 0.0202. The first kappa shape index (κ1) is 14.2. The van der Waals surface area contributed by atoms with Gasteiger partial charge in [-0.25, -0.2) is 9.97 Å². The van der Waals surface area contributed by atoms with E-state index in [-0.39, 0.29) is 18.8 Å². The van der Waals surface area contributed by atoms with Crippen LogP contribution >= 0.6 is 0 Å². The quantitative estimate of drug-likeness (QED) is 0.754. The van der Waals surface area contributed by atoms with Crippen molar-refractivity contribution in [3.63, 3.8) is 0 Å². The highest BCUT2D eigenvalue weighted by molar-refractivity contribution is 5.75. The maximum Gasteiger partial charge on any atom is 0.159 e. The lowest BCUT2D eigenvalue weighted by molar-refractivity contribution is 0.518. The fraction of sp³-hybridized carbons (Fsp3) is 0.231. The van der Waals surface area contributed by atoms with E-state index in [2.05, 4.69) is 15.3 Å². The fourth-order valence-corrected chi connectivity index (χ4v) is 1.74. The summed E-state index contributed by atoms with van der Waals surface area (Å²) in [5.74, 6) is 1.52. The number of furan rings is 1. The molecule has 0 aromatic carbocycles. The van der Waals surface area contributed by atoms with Crippen molar-refractivity contribution in [2.45, 2.75) is 6.54 Å². The molecular formula is C13H13N7O. The molecule has 0 spiro atoms. The van der Waals surface area contributed by atoms with Crippen LogP contribution in [-0.4, -0.2) is 23.1 Å². The lowest BCUT2D eigenvalue weighted by Gasteiger charge is -2.19. The van der Waals surface area contributed by atoms with E-state index < -0.39 is 0 Å². The standard InChI is InChI=1S/C13H13N7O/c14-3-5-20(6-4-15)13-11(16)12(18-9-19-13)17-8-10-2-1-7-21-10/h1-2,7,9H,5-6,8,16H2,(H,17,18,19). The van der Waals surface area contributed by atoms with E-state index in [0.29, 0.717) is 18.2 Å². The Labute approximate surface area is 121 Å². The molecule has 2 rings (SSSR count). The van der Waals surface area contributed by atoms with Crippen LogP contribution in [0, 0.1) is 22.7 Å². The second kappa shape index (κ2) is 6.78. The molecule has 0 saturated heterocycles. The first-order valence-electron chi connectivity index (χ1n) is 6.11. The van der Waals surface area contributed by atoms with Gasteiger partial charge >= 0.3 is 0 Å². The summed E-state index contributed by atoms with van der Waals surface area (Å²) >= 11 is 0. The van der Waals surface area contributed by atoms with Crippen molar-refractivity contribution >= 4 is 17.3 Å². The average molecular weight is 283 g/mol. The predicted octanol–water partition coefficient (Wildman–Crippen LogP) is 1.12. The molecule has 106 valence electrons. The number of nitrogens with two attached hydrogens (primary N) is 1. The minimum absolute atomic E-state index is 0.0202. The van der Waals surface area contributed by atoms with Crippen molar-refractivity contribution in [1.82, 2.24) is 9.97 Å². The molecule has 8 heteroatoms. The molecular weight excluding hydrogens is 270 g/mol. The molecule has 2 heterocycles. The van der Waals surface area contributed by atoms with Crippen LogP contribution < -0.4 is 16.0 Å². The molecule has 0 radical (unpaired) electrons. The molecule has 0 fully saturated rings. The number of nitrogen functional groups attached to an aromatic ring is 1. The van der Waals surface area contributed by atoms with Gasteiger partial charge in [-0.1, -0.05) is 0 Å². The zero-order chi connectivity index (χ0) is 15.1. The Morgan fingerprint density at radius 3 is 2.67 bits per heavy atom. The van der Waals surface area contributed by atoms with Crippen LogP contribution in [0.15, 0.2) is 29.1 Å². The summed E-state index contributed by atoms with van der Waals surface area (Å²) < 4.78 is 5.21. The van der Waals surface area contributed by atoms with Crippen LogP contribution in [0.3, 0.4) is 0 Å². The SMILES string of the molecule is N#CCN(CC#N)c1ncnc(NCc2ccco2)c1N. The Morgan fingerprint density at radius 2 is 2.05 bits per heavy atom. The highest BCUT2D eigenvalue weighted by atomic mass is 16.3. The van der Waals surface area contributed by atoms with Gasteiger partial charge in [0.15, 0.2) is 11.6 Å². The average Bonchev–Trinajstić information content (AvgIpc) is 2.99. The van der Waals surface area contributed by atoms with Crippen molar-refractivity contribution in [3.8, 4) is 12.1 Å². The van der Waals surface area contributed by atoms with Crippen LogP contribution in [0.4, 0.5) is 17.3 Å². The van der Waals surface area contributed by atoms with E-state index in [1.165, 1.54) is 11.2 Å². The van der Waals surface area contributed by atoms with Gasteiger partial charge in [-0.2, -0.15) is 10.5 Å². The maximum atomic E-state index is 8.80. The number of aromatic nitrogens is 2. The van der Waals surface area contributed by atoms with Crippen LogP contribution in [-0.2, 0) is 6.54 Å². The summed E-state index contributed by atoms with van der Waals surface area (Å²) in [7, 11) is 0. The molecule has 2 aromatic heterocycles. The van der Waals surface area contributed by atoms with Crippen molar-refractivity contribution < 1.29 is 4.42 Å². The number of anilines is 3. The highest BCUT2D eigenvalue weighted by Crippen LogP contribution is 2.26. The Bertz CT molecular complexity index is 653. The van der Waals surface area contributed by atoms with Gasteiger partial charge in [-0.3, -0.25) is 0 Å². The molecule has 2 aromatic rings. The van der Waals surface area contributed by atoms with E-state index in [1.807, 2.05) is 18.2 Å². The number of nitriles is 2. The Kier molecular flexibility index (Phi) is 4.57. The number of nitrogens with zero attached hydrogens (tertiary/aromatic N) is 5. The largest absolute Gasteiger partial charge is 0.467 e. The number of nitrogens with one attached hydrogen (secondary N) is 1. The summed E-state index contributed by atoms with van der Waals surface area (Å²) in [5.41, 5.74) is 6.29. The normalized spacial score (nSPS) is 9.62. The molecule has 0 bridgehead atoms. The van der Waals surface area contributed by atoms with Gasteiger partial charge < -0.3 is 20.4 Å². The summed E-state index contributed by atoms with van der Waals surface area (Å²) in [5, 5.41) is 20.6. The first-order valence-corrected chi connectivity index (χ1v) is 6.11. The molecule has 0 aliphatic heterocycles. The zero-order valence-corrected chi connectivity index (χ0v) is 11.2. The summed E-state index contributed by atoms with van der Waals surface area (Å²) in [6.45, 7) is 0.461. The second-order valence-electron chi connectivity index (χ2n) is 4.06. The Balaban J connectivity index is 2.18. The number of hydrogen-bond acceptors (Lipinski definition) is 8. The molecule has 0 aliphatic carbocycles. The smallest absolute Gasteiger partial charge is 0.159 e. The van der Waals surface area contributed by atoms with Crippen molar-refractivity contribution in [2.24, 2.45) is 0 Å². The third-order valence-corrected chi connectivity index (χ3v) is 2.70. The molecule has 21 heavy (non-hydrogen) atoms.